The molecule has 7 nitrogen and oxygen atoms in total. The van der Waals surface area contributed by atoms with Gasteiger partial charge in [0, 0.05) is 31.4 Å². The number of nitrogens with two attached hydrogens (primary N) is 1. The van der Waals surface area contributed by atoms with Gasteiger partial charge in [0.1, 0.15) is 5.82 Å². The molecule has 3 N–H and O–H groups in total. The molecule has 2 aromatic heterocycles. The summed E-state index contributed by atoms with van der Waals surface area (Å²) in [5, 5.41) is 10.0. The monoisotopic (exact) mass is 206 g/mol. The van der Waals surface area contributed by atoms with Gasteiger partial charge >= 0.3 is 5.69 Å². The summed E-state index contributed by atoms with van der Waals surface area (Å²) in [6.07, 6.45) is 3.83. The highest BCUT2D eigenvalue weighted by molar-refractivity contribution is 5.38. The van der Waals surface area contributed by atoms with E-state index in [1.54, 1.807) is 19.4 Å². The Hall–Kier alpha value is -2.18. The van der Waals surface area contributed by atoms with Crippen molar-refractivity contribution in [3.8, 4) is 0 Å². The van der Waals surface area contributed by atoms with Gasteiger partial charge in [-0.05, 0) is 0 Å². The summed E-state index contributed by atoms with van der Waals surface area (Å²) in [5.74, 6) is 0.237. The lowest BCUT2D eigenvalue weighted by Crippen LogP contribution is -2.22. The highest BCUT2D eigenvalue weighted by Gasteiger charge is 2.06. The van der Waals surface area contributed by atoms with Gasteiger partial charge in [-0.3, -0.25) is 5.10 Å². The second-order valence-corrected chi connectivity index (χ2v) is 3.19. The summed E-state index contributed by atoms with van der Waals surface area (Å²) in [7, 11) is 1.63. The molecule has 0 amide bonds. The first-order valence-corrected chi connectivity index (χ1v) is 4.34. The zero-order valence-electron chi connectivity index (χ0n) is 8.14. The molecule has 0 unspecified atom stereocenters. The molecular weight excluding hydrogens is 196 g/mol. The Balaban J connectivity index is 2.37. The molecule has 0 saturated heterocycles. The summed E-state index contributed by atoms with van der Waals surface area (Å²) >= 11 is 0. The molecule has 0 bridgehead atoms. The molecule has 78 valence electrons. The van der Waals surface area contributed by atoms with Gasteiger partial charge in [0.25, 0.3) is 0 Å². The third kappa shape index (κ3) is 1.85. The van der Waals surface area contributed by atoms with Crippen LogP contribution in [0.4, 0.5) is 5.82 Å². The number of nitrogens with zero attached hydrogens (tertiary/aromatic N) is 4. The summed E-state index contributed by atoms with van der Waals surface area (Å²) in [6.45, 7) is 0. The van der Waals surface area contributed by atoms with Crippen LogP contribution in [-0.4, -0.2) is 25.0 Å². The number of hydrogen-bond acceptors (Lipinski definition) is 5. The normalized spacial score (nSPS) is 10.5. The van der Waals surface area contributed by atoms with Crippen molar-refractivity contribution in [2.75, 3.05) is 5.73 Å². The average molecular weight is 206 g/mol. The van der Waals surface area contributed by atoms with Gasteiger partial charge in [-0.2, -0.15) is 4.98 Å². The maximum absolute atomic E-state index is 11.1. The topological polar surface area (TPSA) is 102 Å². The Morgan fingerprint density at radius 1 is 1.60 bits per heavy atom. The predicted octanol–water partition coefficient (Wildman–Crippen LogP) is -0.929. The molecule has 0 radical (unpaired) electrons. The number of H-pyrrole nitrogens is 1. The van der Waals surface area contributed by atoms with Crippen LogP contribution >= 0.6 is 0 Å². The number of aromatic amines is 1. The van der Waals surface area contributed by atoms with Crippen LogP contribution in [0.1, 0.15) is 11.3 Å². The standard InChI is InChI=1S/C8H10N6O/c1-14-4-5(7(9)11-8(14)15)2-6-3-10-13-12-6/h3-4H,2H2,1H3,(H2,9,11,15)(H,10,12,13). The van der Waals surface area contributed by atoms with Crippen LogP contribution in [-0.2, 0) is 13.5 Å². The van der Waals surface area contributed by atoms with Crippen molar-refractivity contribution in [2.24, 2.45) is 7.05 Å². The van der Waals surface area contributed by atoms with Crippen molar-refractivity contribution in [2.45, 2.75) is 6.42 Å². The lowest BCUT2D eigenvalue weighted by Gasteiger charge is -2.04. The molecule has 0 aliphatic carbocycles. The molecule has 2 aromatic rings. The molecule has 0 saturated carbocycles. The maximum atomic E-state index is 11.1. The molecule has 0 fully saturated rings. The SMILES string of the molecule is Cn1cc(Cc2c[nH]nn2)c(N)nc1=O. The lowest BCUT2D eigenvalue weighted by molar-refractivity contribution is 0.796. The predicted molar refractivity (Wildman–Crippen MR) is 53.1 cm³/mol. The minimum Gasteiger partial charge on any atom is -0.383 e. The highest BCUT2D eigenvalue weighted by Crippen LogP contribution is 2.09. The summed E-state index contributed by atoms with van der Waals surface area (Å²) in [6, 6.07) is 0. The van der Waals surface area contributed by atoms with Gasteiger partial charge < -0.3 is 10.3 Å². The van der Waals surface area contributed by atoms with E-state index in [0.29, 0.717) is 6.42 Å². The van der Waals surface area contributed by atoms with Gasteiger partial charge in [-0.25, -0.2) is 4.79 Å². The quantitative estimate of drug-likeness (QED) is 0.661. The molecule has 0 aliphatic rings. The van der Waals surface area contributed by atoms with E-state index in [1.165, 1.54) is 4.57 Å². The number of aryl methyl sites for hydroxylation is 1. The number of anilines is 1. The van der Waals surface area contributed by atoms with Crippen LogP contribution in [0.15, 0.2) is 17.2 Å². The molecule has 0 atom stereocenters. The van der Waals surface area contributed by atoms with Gasteiger partial charge in [0.15, 0.2) is 0 Å². The summed E-state index contributed by atoms with van der Waals surface area (Å²) < 4.78 is 1.38. The van der Waals surface area contributed by atoms with Crippen LogP contribution in [0.5, 0.6) is 0 Å². The lowest BCUT2D eigenvalue weighted by atomic mass is 10.2. The fourth-order valence-electron chi connectivity index (χ4n) is 1.25. The van der Waals surface area contributed by atoms with Crippen molar-refractivity contribution in [3.05, 3.63) is 34.1 Å². The Morgan fingerprint density at radius 2 is 2.40 bits per heavy atom. The Kier molecular flexibility index (Phi) is 2.20. The van der Waals surface area contributed by atoms with Gasteiger partial charge in [0.2, 0.25) is 0 Å². The zero-order valence-corrected chi connectivity index (χ0v) is 8.14. The molecule has 15 heavy (non-hydrogen) atoms. The van der Waals surface area contributed by atoms with Crippen LogP contribution in [0.25, 0.3) is 0 Å². The van der Waals surface area contributed by atoms with E-state index in [4.69, 9.17) is 5.73 Å². The fraction of sp³-hybridized carbons (Fsp3) is 0.250. The van der Waals surface area contributed by atoms with Gasteiger partial charge in [0.05, 0.1) is 5.69 Å². The van der Waals surface area contributed by atoms with Crippen molar-refractivity contribution in [3.63, 3.8) is 0 Å². The van der Waals surface area contributed by atoms with Gasteiger partial charge in [-0.15, -0.1) is 5.10 Å². The number of rotatable bonds is 2. The largest absolute Gasteiger partial charge is 0.383 e. The van der Waals surface area contributed by atoms with Gasteiger partial charge in [-0.1, -0.05) is 5.21 Å². The van der Waals surface area contributed by atoms with E-state index in [1.807, 2.05) is 0 Å². The third-order valence-electron chi connectivity index (χ3n) is 2.04. The van der Waals surface area contributed by atoms with Crippen LogP contribution in [0, 0.1) is 0 Å². The second kappa shape index (κ2) is 3.52. The first-order valence-electron chi connectivity index (χ1n) is 4.34. The smallest absolute Gasteiger partial charge is 0.349 e. The van der Waals surface area contributed by atoms with Crippen LogP contribution in [0.3, 0.4) is 0 Å². The molecule has 2 heterocycles. The minimum absolute atomic E-state index is 0.237. The average Bonchev–Trinajstić information content (AvgIpc) is 2.67. The first kappa shape index (κ1) is 9.38. The molecular formula is C8H10N6O. The Bertz CT molecular complexity index is 514. The number of aromatic nitrogens is 5. The maximum Gasteiger partial charge on any atom is 0.349 e. The summed E-state index contributed by atoms with van der Waals surface area (Å²) in [4.78, 5) is 14.8. The Labute approximate surface area is 85.0 Å². The zero-order chi connectivity index (χ0) is 10.8. The molecule has 0 aromatic carbocycles. The molecule has 0 spiro atoms. The van der Waals surface area contributed by atoms with Crippen LogP contribution in [0.2, 0.25) is 0 Å². The number of nitrogens with one attached hydrogen (secondary N) is 1. The van der Waals surface area contributed by atoms with E-state index in [-0.39, 0.29) is 11.5 Å². The summed E-state index contributed by atoms with van der Waals surface area (Å²) in [5.41, 5.74) is 6.77. The fourth-order valence-corrected chi connectivity index (χ4v) is 1.25. The van der Waals surface area contributed by atoms with Crippen molar-refractivity contribution < 1.29 is 0 Å². The van der Waals surface area contributed by atoms with E-state index in [9.17, 15) is 4.79 Å². The molecule has 2 rings (SSSR count). The number of nitrogen functional groups attached to an aromatic ring is 1. The second-order valence-electron chi connectivity index (χ2n) is 3.19. The van der Waals surface area contributed by atoms with E-state index in [0.717, 1.165) is 11.3 Å². The van der Waals surface area contributed by atoms with E-state index in [2.05, 4.69) is 20.4 Å². The minimum atomic E-state index is -0.364. The molecule has 7 heteroatoms. The van der Waals surface area contributed by atoms with Crippen molar-refractivity contribution >= 4 is 5.82 Å². The third-order valence-corrected chi connectivity index (χ3v) is 2.04. The van der Waals surface area contributed by atoms with E-state index >= 15 is 0 Å². The number of hydrogen-bond donors (Lipinski definition) is 2. The first-order chi connectivity index (χ1) is 7.16. The molecule has 0 aliphatic heterocycles. The van der Waals surface area contributed by atoms with E-state index < -0.39 is 0 Å². The van der Waals surface area contributed by atoms with Crippen molar-refractivity contribution in [1.82, 2.24) is 25.0 Å². The van der Waals surface area contributed by atoms with Crippen molar-refractivity contribution in [1.29, 1.82) is 0 Å². The highest BCUT2D eigenvalue weighted by atomic mass is 16.1. The Morgan fingerprint density at radius 3 is 3.07 bits per heavy atom. The van der Waals surface area contributed by atoms with Crippen LogP contribution < -0.4 is 11.4 Å².